The number of halogens is 1. The second-order valence-corrected chi connectivity index (χ2v) is 9.91. The average Bonchev–Trinajstić information content (AvgIpc) is 3.38. The molecule has 2 aromatic rings. The molecule has 2 aliphatic heterocycles. The van der Waals surface area contributed by atoms with Crippen LogP contribution in [0.4, 0.5) is 4.39 Å². The van der Waals surface area contributed by atoms with Gasteiger partial charge in [-0.3, -0.25) is 0 Å². The van der Waals surface area contributed by atoms with Crippen LogP contribution in [0.25, 0.3) is 11.0 Å². The molecule has 3 heterocycles. The Kier molecular flexibility index (Phi) is 6.37. The molecule has 1 aromatic carbocycles. The number of nitrogens with zero attached hydrogens (tertiary/aromatic N) is 3. The summed E-state index contributed by atoms with van der Waals surface area (Å²) in [5.41, 5.74) is 1.95. The molecule has 30 heavy (non-hydrogen) atoms. The minimum atomic E-state index is -0.151. The molecule has 0 bridgehead atoms. The highest BCUT2D eigenvalue weighted by atomic mass is 19.1. The van der Waals surface area contributed by atoms with E-state index in [-0.39, 0.29) is 5.82 Å². The van der Waals surface area contributed by atoms with Gasteiger partial charge >= 0.3 is 0 Å². The highest BCUT2D eigenvalue weighted by molar-refractivity contribution is 5.76. The first-order valence-corrected chi connectivity index (χ1v) is 12.4. The van der Waals surface area contributed by atoms with Crippen LogP contribution in [0.5, 0.6) is 0 Å². The summed E-state index contributed by atoms with van der Waals surface area (Å²) in [6.45, 7) is 5.66. The Labute approximate surface area is 180 Å². The molecule has 4 nitrogen and oxygen atoms in total. The molecule has 3 aliphatic rings. The summed E-state index contributed by atoms with van der Waals surface area (Å²) in [4.78, 5) is 7.69. The molecule has 1 aliphatic carbocycles. The lowest BCUT2D eigenvalue weighted by Gasteiger charge is -2.36. The molecule has 0 amide bonds. The van der Waals surface area contributed by atoms with Crippen LogP contribution in [0.3, 0.4) is 0 Å². The van der Waals surface area contributed by atoms with E-state index in [1.807, 2.05) is 6.07 Å². The van der Waals surface area contributed by atoms with Crippen molar-refractivity contribution in [3.8, 4) is 0 Å². The molecule has 0 radical (unpaired) electrons. The van der Waals surface area contributed by atoms with Crippen LogP contribution in [0.1, 0.15) is 82.0 Å². The number of aromatic nitrogens is 2. The highest BCUT2D eigenvalue weighted by Gasteiger charge is 2.30. The van der Waals surface area contributed by atoms with Crippen molar-refractivity contribution in [3.05, 3.63) is 29.8 Å². The Morgan fingerprint density at radius 1 is 0.967 bits per heavy atom. The maximum atomic E-state index is 14.1. The second kappa shape index (κ2) is 9.35. The molecule has 0 spiro atoms. The Balaban J connectivity index is 1.30. The average molecular weight is 413 g/mol. The van der Waals surface area contributed by atoms with Gasteiger partial charge in [0.05, 0.1) is 11.0 Å². The van der Waals surface area contributed by atoms with Gasteiger partial charge in [0.25, 0.3) is 0 Å². The maximum Gasteiger partial charge on any atom is 0.125 e. The number of imidazole rings is 1. The Bertz CT molecular complexity index is 825. The van der Waals surface area contributed by atoms with Crippen molar-refractivity contribution >= 4 is 11.0 Å². The van der Waals surface area contributed by atoms with Crippen LogP contribution in [0.2, 0.25) is 0 Å². The van der Waals surface area contributed by atoms with Crippen molar-refractivity contribution < 1.29 is 4.39 Å². The second-order valence-electron chi connectivity index (χ2n) is 9.91. The fraction of sp³-hybridized carbons (Fsp3) is 0.720. The van der Waals surface area contributed by atoms with Crippen LogP contribution in [-0.4, -0.2) is 47.2 Å². The summed E-state index contributed by atoms with van der Waals surface area (Å²) in [6.07, 6.45) is 13.4. The zero-order chi connectivity index (χ0) is 20.3. The molecule has 5 heteroatoms. The third-order valence-corrected chi connectivity index (χ3v) is 7.77. The SMILES string of the molecule is Fc1ccc2nc([C@H]3CCNC3)n(C3CCN(CC4CCCCCCC4)CC3)c2c1. The minimum absolute atomic E-state index is 0.151. The number of benzene rings is 1. The molecule has 1 aromatic heterocycles. The first-order chi connectivity index (χ1) is 14.8. The molecule has 5 rings (SSSR count). The summed E-state index contributed by atoms with van der Waals surface area (Å²) >= 11 is 0. The Morgan fingerprint density at radius 2 is 1.73 bits per heavy atom. The zero-order valence-corrected chi connectivity index (χ0v) is 18.3. The first-order valence-electron chi connectivity index (χ1n) is 12.4. The van der Waals surface area contributed by atoms with Gasteiger partial charge in [0.1, 0.15) is 11.6 Å². The molecule has 0 unspecified atom stereocenters. The van der Waals surface area contributed by atoms with E-state index >= 15 is 0 Å². The van der Waals surface area contributed by atoms with Crippen molar-refractivity contribution in [2.24, 2.45) is 5.92 Å². The predicted octanol–water partition coefficient (Wildman–Crippen LogP) is 5.25. The fourth-order valence-corrected chi connectivity index (χ4v) is 6.08. The number of piperidine rings is 1. The molecule has 2 saturated heterocycles. The van der Waals surface area contributed by atoms with E-state index in [9.17, 15) is 4.39 Å². The van der Waals surface area contributed by atoms with E-state index < -0.39 is 0 Å². The number of nitrogens with one attached hydrogen (secondary N) is 1. The molecular weight excluding hydrogens is 375 g/mol. The maximum absolute atomic E-state index is 14.1. The Morgan fingerprint density at radius 3 is 2.47 bits per heavy atom. The predicted molar refractivity (Wildman–Crippen MR) is 120 cm³/mol. The van der Waals surface area contributed by atoms with E-state index in [0.717, 1.165) is 49.3 Å². The summed E-state index contributed by atoms with van der Waals surface area (Å²) in [5.74, 6) is 2.37. The summed E-state index contributed by atoms with van der Waals surface area (Å²) in [5, 5.41) is 3.48. The standard InChI is InChI=1S/C25H37FN4/c26-21-8-9-23-24(16-21)30(25(28-23)20-10-13-27-17-20)22-11-14-29(15-12-22)18-19-6-4-2-1-3-5-7-19/h8-9,16,19-20,22,27H,1-7,10-15,17-18H2/t20-/m0/s1. The van der Waals surface area contributed by atoms with Gasteiger partial charge in [-0.1, -0.05) is 32.1 Å². The quantitative estimate of drug-likeness (QED) is 0.745. The number of fused-ring (bicyclic) bond motifs is 1. The van der Waals surface area contributed by atoms with E-state index in [0.29, 0.717) is 12.0 Å². The van der Waals surface area contributed by atoms with Crippen LogP contribution < -0.4 is 5.32 Å². The van der Waals surface area contributed by atoms with Gasteiger partial charge in [-0.25, -0.2) is 9.37 Å². The van der Waals surface area contributed by atoms with E-state index in [4.69, 9.17) is 4.98 Å². The van der Waals surface area contributed by atoms with Gasteiger partial charge in [-0.05, 0) is 62.8 Å². The zero-order valence-electron chi connectivity index (χ0n) is 18.3. The monoisotopic (exact) mass is 412 g/mol. The summed E-state index contributed by atoms with van der Waals surface area (Å²) in [6, 6.07) is 5.56. The van der Waals surface area contributed by atoms with Gasteiger partial charge in [0.15, 0.2) is 0 Å². The Hall–Kier alpha value is -1.46. The van der Waals surface area contributed by atoms with E-state index in [2.05, 4.69) is 14.8 Å². The summed E-state index contributed by atoms with van der Waals surface area (Å²) in [7, 11) is 0. The van der Waals surface area contributed by atoms with E-state index in [1.54, 1.807) is 12.1 Å². The lowest BCUT2D eigenvalue weighted by molar-refractivity contribution is 0.151. The molecule has 1 N–H and O–H groups in total. The molecular formula is C25H37FN4. The van der Waals surface area contributed by atoms with Crippen molar-refractivity contribution in [1.82, 2.24) is 19.8 Å². The largest absolute Gasteiger partial charge is 0.324 e. The number of rotatable bonds is 4. The van der Waals surface area contributed by atoms with Crippen molar-refractivity contribution in [3.63, 3.8) is 0 Å². The lowest BCUT2D eigenvalue weighted by atomic mass is 9.90. The van der Waals surface area contributed by atoms with E-state index in [1.165, 1.54) is 70.4 Å². The molecule has 1 atom stereocenters. The van der Waals surface area contributed by atoms with Gasteiger partial charge in [0.2, 0.25) is 0 Å². The topological polar surface area (TPSA) is 33.1 Å². The molecule has 164 valence electrons. The van der Waals surface area contributed by atoms with Crippen LogP contribution in [-0.2, 0) is 0 Å². The molecule has 1 saturated carbocycles. The normalized spacial score (nSPS) is 25.6. The third-order valence-electron chi connectivity index (χ3n) is 7.77. The van der Waals surface area contributed by atoms with Crippen LogP contribution >= 0.6 is 0 Å². The summed E-state index contributed by atoms with van der Waals surface area (Å²) < 4.78 is 16.5. The van der Waals surface area contributed by atoms with Crippen LogP contribution in [0.15, 0.2) is 18.2 Å². The minimum Gasteiger partial charge on any atom is -0.324 e. The van der Waals surface area contributed by atoms with Crippen molar-refractivity contribution in [2.75, 3.05) is 32.7 Å². The highest BCUT2D eigenvalue weighted by Crippen LogP contribution is 2.34. The first kappa shape index (κ1) is 20.4. The number of hydrogen-bond donors (Lipinski definition) is 1. The lowest BCUT2D eigenvalue weighted by Crippen LogP contribution is -2.38. The van der Waals surface area contributed by atoms with Crippen molar-refractivity contribution in [1.29, 1.82) is 0 Å². The fourth-order valence-electron chi connectivity index (χ4n) is 6.08. The number of likely N-dealkylation sites (tertiary alicyclic amines) is 1. The number of hydrogen-bond acceptors (Lipinski definition) is 3. The van der Waals surface area contributed by atoms with Gasteiger partial charge in [0, 0.05) is 38.1 Å². The van der Waals surface area contributed by atoms with Gasteiger partial charge in [-0.2, -0.15) is 0 Å². The van der Waals surface area contributed by atoms with Gasteiger partial charge < -0.3 is 14.8 Å². The third kappa shape index (κ3) is 4.43. The van der Waals surface area contributed by atoms with Gasteiger partial charge in [-0.15, -0.1) is 0 Å². The van der Waals surface area contributed by atoms with Crippen LogP contribution in [0, 0.1) is 11.7 Å². The molecule has 3 fully saturated rings. The smallest absolute Gasteiger partial charge is 0.125 e. The van der Waals surface area contributed by atoms with Crippen molar-refractivity contribution in [2.45, 2.75) is 76.2 Å².